The first kappa shape index (κ1) is 17.7. The summed E-state index contributed by atoms with van der Waals surface area (Å²) in [5.41, 5.74) is 4.43. The number of nitrogens with one attached hydrogen (secondary N) is 2. The maximum Gasteiger partial charge on any atom is 0.308 e. The molecule has 25 heavy (non-hydrogen) atoms. The summed E-state index contributed by atoms with van der Waals surface area (Å²) < 4.78 is 19.3. The van der Waals surface area contributed by atoms with Crippen molar-refractivity contribution >= 4 is 23.4 Å². The van der Waals surface area contributed by atoms with Crippen molar-refractivity contribution in [1.82, 2.24) is 10.7 Å². The lowest BCUT2D eigenvalue weighted by Gasteiger charge is -2.14. The van der Waals surface area contributed by atoms with E-state index in [1.165, 1.54) is 24.5 Å². The molecule has 0 radical (unpaired) electrons. The van der Waals surface area contributed by atoms with Crippen LogP contribution in [0.15, 0.2) is 34.9 Å². The molecule has 3 rings (SSSR count). The van der Waals surface area contributed by atoms with Crippen LogP contribution in [0.3, 0.4) is 0 Å². The fraction of sp³-hybridized carbons (Fsp3) is 0.444. The molecule has 0 saturated heterocycles. The number of halogens is 2. The van der Waals surface area contributed by atoms with Gasteiger partial charge in [0.25, 0.3) is 5.90 Å². The topological polar surface area (TPSA) is 62.7 Å². The van der Waals surface area contributed by atoms with Crippen molar-refractivity contribution in [2.45, 2.75) is 44.8 Å². The summed E-state index contributed by atoms with van der Waals surface area (Å²) in [6.07, 6.45) is 7.38. The number of nitrogens with zero attached hydrogens (tertiary/aromatic N) is 1. The quantitative estimate of drug-likeness (QED) is 0.760. The second kappa shape index (κ2) is 8.34. The monoisotopic (exact) mass is 365 g/mol. The number of allylic oxidation sites excluding steroid dienone is 1. The zero-order valence-electron chi connectivity index (χ0n) is 13.9. The van der Waals surface area contributed by atoms with Crippen LogP contribution in [0.2, 0.25) is 5.02 Å². The lowest BCUT2D eigenvalue weighted by molar-refractivity contribution is -0.116. The molecule has 0 fully saturated rings. The van der Waals surface area contributed by atoms with E-state index in [1.54, 1.807) is 12.1 Å². The minimum Gasteiger partial charge on any atom is -0.447 e. The summed E-state index contributed by atoms with van der Waals surface area (Å²) in [4.78, 5) is 12.1. The van der Waals surface area contributed by atoms with E-state index in [-0.39, 0.29) is 18.2 Å². The highest BCUT2D eigenvalue weighted by Crippen LogP contribution is 2.22. The molecule has 0 bridgehead atoms. The van der Waals surface area contributed by atoms with E-state index in [4.69, 9.17) is 16.3 Å². The molecule has 0 spiro atoms. The van der Waals surface area contributed by atoms with Gasteiger partial charge in [0.15, 0.2) is 6.23 Å². The summed E-state index contributed by atoms with van der Waals surface area (Å²) in [5, 5.41) is 7.02. The predicted molar refractivity (Wildman–Crippen MR) is 94.7 cm³/mol. The highest BCUT2D eigenvalue weighted by atomic mass is 35.5. The van der Waals surface area contributed by atoms with Gasteiger partial charge in [-0.1, -0.05) is 29.3 Å². The van der Waals surface area contributed by atoms with Crippen molar-refractivity contribution in [3.63, 3.8) is 0 Å². The van der Waals surface area contributed by atoms with Crippen molar-refractivity contribution in [2.75, 3.05) is 6.54 Å². The molecule has 0 aromatic heterocycles. The molecule has 1 aliphatic heterocycles. The molecule has 0 saturated carbocycles. The van der Waals surface area contributed by atoms with E-state index in [0.717, 1.165) is 19.3 Å². The first-order valence-electron chi connectivity index (χ1n) is 8.52. The van der Waals surface area contributed by atoms with Gasteiger partial charge in [-0.15, -0.1) is 5.10 Å². The molecule has 2 aliphatic rings. The van der Waals surface area contributed by atoms with Crippen LogP contribution in [0, 0.1) is 5.82 Å². The highest BCUT2D eigenvalue weighted by Gasteiger charge is 2.26. The third-order valence-electron chi connectivity index (χ3n) is 4.33. The zero-order valence-corrected chi connectivity index (χ0v) is 14.6. The van der Waals surface area contributed by atoms with E-state index in [9.17, 15) is 9.18 Å². The van der Waals surface area contributed by atoms with Gasteiger partial charge in [0.2, 0.25) is 0 Å². The molecular weight excluding hydrogens is 345 g/mol. The third-order valence-corrected chi connectivity index (χ3v) is 4.68. The maximum atomic E-state index is 13.8. The van der Waals surface area contributed by atoms with E-state index in [2.05, 4.69) is 21.9 Å². The molecule has 2 N–H and O–H groups in total. The van der Waals surface area contributed by atoms with Crippen LogP contribution in [0.1, 0.15) is 37.7 Å². The second-order valence-corrected chi connectivity index (χ2v) is 6.58. The number of carbonyl (C=O) groups is 1. The molecule has 7 heteroatoms. The van der Waals surface area contributed by atoms with Crippen LogP contribution in [0.25, 0.3) is 0 Å². The van der Waals surface area contributed by atoms with Crippen molar-refractivity contribution in [3.8, 4) is 0 Å². The van der Waals surface area contributed by atoms with Crippen molar-refractivity contribution < 1.29 is 13.9 Å². The molecule has 1 aliphatic carbocycles. The standard InChI is InChI=1S/C18H21ClFN3O2/c19-14-7-4-8-15(20)13(14)11-16-22-23-18(25-16)17(24)21-10-9-12-5-2-1-3-6-12/h4-5,7-8,16,22H,1-3,6,9-11H2,(H,21,24). The highest BCUT2D eigenvalue weighted by molar-refractivity contribution is 6.35. The van der Waals surface area contributed by atoms with E-state index >= 15 is 0 Å². The van der Waals surface area contributed by atoms with Crippen molar-refractivity contribution in [1.29, 1.82) is 0 Å². The van der Waals surface area contributed by atoms with Gasteiger partial charge < -0.3 is 10.1 Å². The van der Waals surface area contributed by atoms with Crippen LogP contribution in [0.5, 0.6) is 0 Å². The van der Waals surface area contributed by atoms with Gasteiger partial charge in [0.1, 0.15) is 5.82 Å². The molecule has 1 amide bonds. The normalized spacial score (nSPS) is 19.5. The Kier molecular flexibility index (Phi) is 5.91. The van der Waals surface area contributed by atoms with Crippen LogP contribution < -0.4 is 10.7 Å². The van der Waals surface area contributed by atoms with E-state index in [1.807, 2.05) is 0 Å². The van der Waals surface area contributed by atoms with E-state index < -0.39 is 12.0 Å². The van der Waals surface area contributed by atoms with Crippen molar-refractivity contribution in [3.05, 3.63) is 46.3 Å². The lowest BCUT2D eigenvalue weighted by Crippen LogP contribution is -2.34. The molecule has 1 heterocycles. The summed E-state index contributed by atoms with van der Waals surface area (Å²) in [6, 6.07) is 4.50. The summed E-state index contributed by atoms with van der Waals surface area (Å²) in [6.45, 7) is 0.552. The fourth-order valence-corrected chi connectivity index (χ4v) is 3.21. The third kappa shape index (κ3) is 4.72. The summed E-state index contributed by atoms with van der Waals surface area (Å²) in [7, 11) is 0. The molecule has 1 aromatic carbocycles. The smallest absolute Gasteiger partial charge is 0.308 e. The van der Waals surface area contributed by atoms with Gasteiger partial charge >= 0.3 is 5.91 Å². The Morgan fingerprint density at radius 2 is 2.32 bits per heavy atom. The molecule has 5 nitrogen and oxygen atoms in total. The lowest BCUT2D eigenvalue weighted by atomic mass is 9.97. The van der Waals surface area contributed by atoms with E-state index in [0.29, 0.717) is 17.1 Å². The first-order chi connectivity index (χ1) is 12.1. The van der Waals surface area contributed by atoms with Gasteiger partial charge in [-0.05, 0) is 44.2 Å². The van der Waals surface area contributed by atoms with Crippen LogP contribution in [-0.2, 0) is 16.0 Å². The number of rotatable bonds is 6. The minimum absolute atomic E-state index is 0.0323. The van der Waals surface area contributed by atoms with Crippen molar-refractivity contribution in [2.24, 2.45) is 5.10 Å². The Bertz CT molecular complexity index is 685. The number of hydrogen-bond donors (Lipinski definition) is 2. The number of carbonyl (C=O) groups excluding carboxylic acids is 1. The summed E-state index contributed by atoms with van der Waals surface area (Å²) in [5.74, 6) is -0.808. The predicted octanol–water partition coefficient (Wildman–Crippen LogP) is 3.29. The molecule has 1 unspecified atom stereocenters. The maximum absolute atomic E-state index is 13.8. The number of amides is 1. The second-order valence-electron chi connectivity index (χ2n) is 6.17. The van der Waals surface area contributed by atoms with Gasteiger partial charge in [-0.3, -0.25) is 10.2 Å². The Hall–Kier alpha value is -2.08. The molecular formula is C18H21ClFN3O2. The van der Waals surface area contributed by atoms with Crippen LogP contribution in [-0.4, -0.2) is 24.6 Å². The van der Waals surface area contributed by atoms with Gasteiger partial charge in [0, 0.05) is 23.6 Å². The largest absolute Gasteiger partial charge is 0.447 e. The Labute approximate surface area is 151 Å². The number of hydrazone groups is 1. The fourth-order valence-electron chi connectivity index (χ4n) is 2.97. The zero-order chi connectivity index (χ0) is 17.6. The summed E-state index contributed by atoms with van der Waals surface area (Å²) >= 11 is 6.00. The SMILES string of the molecule is O=C(NCCC1=CCCCC1)C1=NNC(Cc2c(F)cccc2Cl)O1. The number of benzene rings is 1. The average Bonchev–Trinajstić information content (AvgIpc) is 3.08. The Morgan fingerprint density at radius 1 is 1.44 bits per heavy atom. The van der Waals surface area contributed by atoms with Gasteiger partial charge in [-0.25, -0.2) is 4.39 Å². The minimum atomic E-state index is -0.615. The first-order valence-corrected chi connectivity index (χ1v) is 8.90. The molecule has 1 atom stereocenters. The molecule has 134 valence electrons. The average molecular weight is 366 g/mol. The molecule has 1 aromatic rings. The number of ether oxygens (including phenoxy) is 1. The Balaban J connectivity index is 1.45. The number of hydrogen-bond acceptors (Lipinski definition) is 4. The van der Waals surface area contributed by atoms with Crippen LogP contribution >= 0.6 is 11.6 Å². The van der Waals surface area contributed by atoms with Crippen LogP contribution in [0.4, 0.5) is 4.39 Å². The van der Waals surface area contributed by atoms with Gasteiger partial charge in [0.05, 0.1) is 0 Å². The van der Waals surface area contributed by atoms with Gasteiger partial charge in [-0.2, -0.15) is 0 Å². The Morgan fingerprint density at radius 3 is 3.08 bits per heavy atom.